The van der Waals surface area contributed by atoms with E-state index in [2.05, 4.69) is 112 Å². The first-order chi connectivity index (χ1) is 12.2. The fourth-order valence-electron chi connectivity index (χ4n) is 3.55. The number of fused-ring (bicyclic) bond motifs is 2. The molecule has 0 spiro atoms. The molecular formula is C22H30N4. The predicted octanol–water partition coefficient (Wildman–Crippen LogP) is 4.26. The van der Waals surface area contributed by atoms with Crippen LogP contribution in [0.1, 0.15) is 0 Å². The molecule has 0 aromatic heterocycles. The molecule has 0 heterocycles. The molecule has 3 rings (SSSR count). The third-order valence-electron chi connectivity index (χ3n) is 4.97. The van der Waals surface area contributed by atoms with Gasteiger partial charge >= 0.3 is 0 Å². The average molecular weight is 351 g/mol. The molecule has 0 atom stereocenters. The largest absolute Gasteiger partial charge is 0.378 e. The minimum atomic E-state index is 1.22. The van der Waals surface area contributed by atoms with Gasteiger partial charge in [0, 0.05) is 95.3 Å². The lowest BCUT2D eigenvalue weighted by Gasteiger charge is -2.24. The van der Waals surface area contributed by atoms with E-state index in [4.69, 9.17) is 0 Å². The number of anilines is 4. The Kier molecular flexibility index (Phi) is 4.61. The lowest BCUT2D eigenvalue weighted by atomic mass is 9.98. The highest BCUT2D eigenvalue weighted by Crippen LogP contribution is 2.39. The summed E-state index contributed by atoms with van der Waals surface area (Å²) >= 11 is 0. The topological polar surface area (TPSA) is 13.0 Å². The summed E-state index contributed by atoms with van der Waals surface area (Å²) in [4.78, 5) is 8.75. The maximum Gasteiger partial charge on any atom is 0.0461 e. The van der Waals surface area contributed by atoms with Crippen LogP contribution in [-0.2, 0) is 0 Å². The molecule has 0 radical (unpaired) electrons. The van der Waals surface area contributed by atoms with Crippen molar-refractivity contribution in [2.75, 3.05) is 76.0 Å². The summed E-state index contributed by atoms with van der Waals surface area (Å²) in [5, 5.41) is 5.13. The van der Waals surface area contributed by atoms with Crippen molar-refractivity contribution >= 4 is 44.3 Å². The molecule has 0 aliphatic carbocycles. The molecular weight excluding hydrogens is 320 g/mol. The molecule has 0 N–H and O–H groups in total. The van der Waals surface area contributed by atoms with Crippen LogP contribution in [0.4, 0.5) is 22.7 Å². The molecule has 138 valence electrons. The summed E-state index contributed by atoms with van der Waals surface area (Å²) in [7, 11) is 16.8. The Morgan fingerprint density at radius 2 is 0.962 bits per heavy atom. The first kappa shape index (κ1) is 18.2. The maximum absolute atomic E-state index is 2.35. The fraction of sp³-hybridized carbons (Fsp3) is 0.364. The maximum atomic E-state index is 2.35. The lowest BCUT2D eigenvalue weighted by Crippen LogP contribution is -2.14. The van der Waals surface area contributed by atoms with Crippen molar-refractivity contribution in [1.29, 1.82) is 0 Å². The second-order valence-electron chi connectivity index (χ2n) is 7.77. The first-order valence-electron chi connectivity index (χ1n) is 8.94. The Morgan fingerprint density at radius 1 is 0.462 bits per heavy atom. The number of benzene rings is 3. The lowest BCUT2D eigenvalue weighted by molar-refractivity contribution is 1.11. The van der Waals surface area contributed by atoms with Gasteiger partial charge in [-0.05, 0) is 41.8 Å². The molecule has 0 bridgehead atoms. The van der Waals surface area contributed by atoms with Crippen LogP contribution in [0.15, 0.2) is 36.4 Å². The van der Waals surface area contributed by atoms with Crippen LogP contribution in [0.5, 0.6) is 0 Å². The third-order valence-corrected chi connectivity index (χ3v) is 4.97. The average Bonchev–Trinajstić information content (AvgIpc) is 2.57. The van der Waals surface area contributed by atoms with Gasteiger partial charge in [-0.1, -0.05) is 0 Å². The standard InChI is InChI=1S/C22H30N4/c1-23(2)16-11-15-12-18-19(14-17(15)22(13-16)26(7)8)21(25(5)6)10-9-20(18)24(3)4/h9-14H,1-8H3. The summed E-state index contributed by atoms with van der Waals surface area (Å²) in [6, 6.07) is 13.7. The van der Waals surface area contributed by atoms with E-state index in [1.165, 1.54) is 44.3 Å². The van der Waals surface area contributed by atoms with Crippen molar-refractivity contribution in [1.82, 2.24) is 0 Å². The summed E-state index contributed by atoms with van der Waals surface area (Å²) in [6.07, 6.45) is 0. The highest BCUT2D eigenvalue weighted by Gasteiger charge is 2.14. The van der Waals surface area contributed by atoms with E-state index in [1.807, 2.05) is 0 Å². The summed E-state index contributed by atoms with van der Waals surface area (Å²) in [5.74, 6) is 0. The van der Waals surface area contributed by atoms with Gasteiger partial charge in [-0.15, -0.1) is 0 Å². The van der Waals surface area contributed by atoms with Gasteiger partial charge in [-0.2, -0.15) is 0 Å². The second-order valence-corrected chi connectivity index (χ2v) is 7.77. The highest BCUT2D eigenvalue weighted by atomic mass is 15.1. The Bertz CT molecular complexity index is 955. The fourth-order valence-corrected chi connectivity index (χ4v) is 3.55. The van der Waals surface area contributed by atoms with Gasteiger partial charge < -0.3 is 19.6 Å². The third kappa shape index (κ3) is 3.00. The molecule has 3 aromatic carbocycles. The molecule has 3 aromatic rings. The zero-order chi connectivity index (χ0) is 19.2. The van der Waals surface area contributed by atoms with Gasteiger partial charge in [-0.25, -0.2) is 0 Å². The van der Waals surface area contributed by atoms with Gasteiger partial charge in [-0.3, -0.25) is 0 Å². The van der Waals surface area contributed by atoms with Crippen LogP contribution in [0.25, 0.3) is 21.5 Å². The minimum Gasteiger partial charge on any atom is -0.378 e. The molecule has 4 heteroatoms. The van der Waals surface area contributed by atoms with Gasteiger partial charge in [0.1, 0.15) is 0 Å². The Labute approximate surface area is 157 Å². The van der Waals surface area contributed by atoms with E-state index in [9.17, 15) is 0 Å². The van der Waals surface area contributed by atoms with Crippen LogP contribution >= 0.6 is 0 Å². The molecule has 0 fully saturated rings. The zero-order valence-electron chi connectivity index (χ0n) is 17.3. The molecule has 0 unspecified atom stereocenters. The normalized spacial score (nSPS) is 11.1. The molecule has 0 saturated heterocycles. The summed E-state index contributed by atoms with van der Waals surface area (Å²) in [6.45, 7) is 0. The van der Waals surface area contributed by atoms with Crippen molar-refractivity contribution in [3.63, 3.8) is 0 Å². The molecule has 0 aliphatic heterocycles. The Balaban J connectivity index is 2.48. The van der Waals surface area contributed by atoms with Crippen molar-refractivity contribution < 1.29 is 0 Å². The van der Waals surface area contributed by atoms with E-state index in [1.54, 1.807) is 0 Å². The Hall–Kier alpha value is -2.62. The van der Waals surface area contributed by atoms with Gasteiger partial charge in [0.2, 0.25) is 0 Å². The number of rotatable bonds is 4. The van der Waals surface area contributed by atoms with Crippen LogP contribution in [0, 0.1) is 0 Å². The zero-order valence-corrected chi connectivity index (χ0v) is 17.3. The molecule has 0 aliphatic rings. The van der Waals surface area contributed by atoms with Gasteiger partial charge in [0.25, 0.3) is 0 Å². The van der Waals surface area contributed by atoms with Crippen LogP contribution in [0.2, 0.25) is 0 Å². The van der Waals surface area contributed by atoms with Crippen molar-refractivity contribution in [3.8, 4) is 0 Å². The van der Waals surface area contributed by atoms with Crippen molar-refractivity contribution in [3.05, 3.63) is 36.4 Å². The smallest absolute Gasteiger partial charge is 0.0461 e. The molecule has 0 amide bonds. The van der Waals surface area contributed by atoms with E-state index in [-0.39, 0.29) is 0 Å². The summed E-state index contributed by atoms with van der Waals surface area (Å²) < 4.78 is 0. The number of hydrogen-bond acceptors (Lipinski definition) is 4. The SMILES string of the molecule is CN(C)c1cc(N(C)C)c2cc3c(N(C)C)ccc(N(C)C)c3cc2c1. The molecule has 26 heavy (non-hydrogen) atoms. The van der Waals surface area contributed by atoms with E-state index in [0.29, 0.717) is 0 Å². The quantitative estimate of drug-likeness (QED) is 0.652. The number of nitrogens with zero attached hydrogens (tertiary/aromatic N) is 4. The monoisotopic (exact) mass is 350 g/mol. The molecule has 4 nitrogen and oxygen atoms in total. The van der Waals surface area contributed by atoms with E-state index in [0.717, 1.165) is 0 Å². The van der Waals surface area contributed by atoms with Crippen molar-refractivity contribution in [2.24, 2.45) is 0 Å². The minimum absolute atomic E-state index is 1.22. The first-order valence-corrected chi connectivity index (χ1v) is 8.94. The predicted molar refractivity (Wildman–Crippen MR) is 119 cm³/mol. The van der Waals surface area contributed by atoms with E-state index < -0.39 is 0 Å². The van der Waals surface area contributed by atoms with Crippen molar-refractivity contribution in [2.45, 2.75) is 0 Å². The van der Waals surface area contributed by atoms with Gasteiger partial charge in [0.05, 0.1) is 0 Å². The Morgan fingerprint density at radius 3 is 1.42 bits per heavy atom. The van der Waals surface area contributed by atoms with E-state index >= 15 is 0 Å². The highest BCUT2D eigenvalue weighted by molar-refractivity contribution is 6.12. The second kappa shape index (κ2) is 6.60. The summed E-state index contributed by atoms with van der Waals surface area (Å²) in [5.41, 5.74) is 4.95. The van der Waals surface area contributed by atoms with Crippen LogP contribution < -0.4 is 19.6 Å². The number of hydrogen-bond donors (Lipinski definition) is 0. The molecule has 0 saturated carbocycles. The van der Waals surface area contributed by atoms with Crippen LogP contribution in [-0.4, -0.2) is 56.4 Å². The van der Waals surface area contributed by atoms with Gasteiger partial charge in [0.15, 0.2) is 0 Å². The van der Waals surface area contributed by atoms with Crippen LogP contribution in [0.3, 0.4) is 0 Å².